The van der Waals surface area contributed by atoms with Gasteiger partial charge in [-0.2, -0.15) is 0 Å². The van der Waals surface area contributed by atoms with Crippen molar-refractivity contribution in [3.05, 3.63) is 77.9 Å². The van der Waals surface area contributed by atoms with E-state index in [-0.39, 0.29) is 18.9 Å². The van der Waals surface area contributed by atoms with E-state index in [0.717, 1.165) is 22.3 Å². The van der Waals surface area contributed by atoms with Crippen molar-refractivity contribution >= 4 is 18.0 Å². The molecule has 1 heterocycles. The number of hydrogen-bond donors (Lipinski definition) is 5. The third-order valence-corrected chi connectivity index (χ3v) is 5.69. The molecule has 10 nitrogen and oxygen atoms in total. The standard InChI is InChI=1S/C24H24N4O6/c29-21(23(31)32)11-26-22(30)20(9-14-10-25-13-27-14)28-24(33)34-12-19-17-7-3-1-5-15(17)16-6-2-4-8-18(16)19/h1-8,10,13,19-21,29H,9,11-12H2,(H,25,27)(H,26,30)(H,28,33)(H,31,32)/t20-,21?/m0/s1. The lowest BCUT2D eigenvalue weighted by Crippen LogP contribution is -2.50. The molecule has 2 amide bonds. The molecule has 1 aliphatic carbocycles. The van der Waals surface area contributed by atoms with Crippen LogP contribution in [0.1, 0.15) is 22.7 Å². The van der Waals surface area contributed by atoms with Crippen molar-refractivity contribution in [2.75, 3.05) is 13.2 Å². The summed E-state index contributed by atoms with van der Waals surface area (Å²) in [5.74, 6) is -2.26. The zero-order valence-corrected chi connectivity index (χ0v) is 18.1. The van der Waals surface area contributed by atoms with Gasteiger partial charge in [-0.1, -0.05) is 48.5 Å². The molecule has 3 aromatic rings. The number of aliphatic hydroxyl groups excluding tert-OH is 1. The highest BCUT2D eigenvalue weighted by molar-refractivity contribution is 5.86. The van der Waals surface area contributed by atoms with Crippen molar-refractivity contribution in [3.8, 4) is 11.1 Å². The Hall–Kier alpha value is -4.18. The van der Waals surface area contributed by atoms with Crippen LogP contribution in [0, 0.1) is 0 Å². The zero-order chi connectivity index (χ0) is 24.1. The Morgan fingerprint density at radius 2 is 1.71 bits per heavy atom. The average molecular weight is 464 g/mol. The fourth-order valence-corrected chi connectivity index (χ4v) is 4.02. The second kappa shape index (κ2) is 10.2. The van der Waals surface area contributed by atoms with Gasteiger partial charge in [-0.25, -0.2) is 14.6 Å². The third-order valence-electron chi connectivity index (χ3n) is 5.69. The largest absolute Gasteiger partial charge is 0.479 e. The van der Waals surface area contributed by atoms with Crippen LogP contribution in [0.3, 0.4) is 0 Å². The minimum atomic E-state index is -1.76. The van der Waals surface area contributed by atoms with Gasteiger partial charge in [0.05, 0.1) is 12.9 Å². The Balaban J connectivity index is 1.42. The van der Waals surface area contributed by atoms with Crippen LogP contribution in [0.2, 0.25) is 0 Å². The number of aliphatic hydroxyl groups is 1. The number of ether oxygens (including phenoxy) is 1. The fourth-order valence-electron chi connectivity index (χ4n) is 4.02. The predicted octanol–water partition coefficient (Wildman–Crippen LogP) is 1.42. The van der Waals surface area contributed by atoms with Crippen LogP contribution in [-0.2, 0) is 20.7 Å². The van der Waals surface area contributed by atoms with Crippen LogP contribution in [0.15, 0.2) is 61.1 Å². The summed E-state index contributed by atoms with van der Waals surface area (Å²) in [6.07, 6.45) is 0.461. The molecule has 1 unspecified atom stereocenters. The Morgan fingerprint density at radius 3 is 2.29 bits per heavy atom. The number of benzene rings is 2. The van der Waals surface area contributed by atoms with Crippen molar-refractivity contribution in [1.82, 2.24) is 20.6 Å². The predicted molar refractivity (Wildman–Crippen MR) is 121 cm³/mol. The number of imidazole rings is 1. The SMILES string of the molecule is O=C(N[C@@H](Cc1cnc[nH]1)C(=O)NCC(O)C(=O)O)OCC1c2ccccc2-c2ccccc21. The molecule has 5 N–H and O–H groups in total. The molecular weight excluding hydrogens is 440 g/mol. The van der Waals surface area contributed by atoms with Gasteiger partial charge in [0, 0.05) is 24.2 Å². The molecule has 1 aromatic heterocycles. The number of alkyl carbamates (subject to hydrolysis) is 1. The molecule has 10 heteroatoms. The number of carboxylic acid groups (broad SMARTS) is 1. The van der Waals surface area contributed by atoms with E-state index in [4.69, 9.17) is 9.84 Å². The van der Waals surface area contributed by atoms with Gasteiger partial charge in [0.2, 0.25) is 5.91 Å². The molecule has 1 aliphatic rings. The van der Waals surface area contributed by atoms with Crippen LogP contribution in [-0.4, -0.2) is 63.4 Å². The highest BCUT2D eigenvalue weighted by atomic mass is 16.5. The average Bonchev–Trinajstić information content (AvgIpc) is 3.46. The normalized spacial score (nSPS) is 13.9. The van der Waals surface area contributed by atoms with Gasteiger partial charge in [-0.15, -0.1) is 0 Å². The first-order valence-electron chi connectivity index (χ1n) is 10.7. The van der Waals surface area contributed by atoms with E-state index in [1.165, 1.54) is 12.5 Å². The number of carbonyl (C=O) groups excluding carboxylic acids is 2. The topological polar surface area (TPSA) is 154 Å². The quantitative estimate of drug-likeness (QED) is 0.321. The van der Waals surface area contributed by atoms with Gasteiger partial charge in [0.1, 0.15) is 12.6 Å². The Labute approximate surface area is 195 Å². The summed E-state index contributed by atoms with van der Waals surface area (Å²) in [5.41, 5.74) is 4.90. The lowest BCUT2D eigenvalue weighted by molar-refractivity contribution is -0.146. The number of aromatic nitrogens is 2. The molecule has 0 spiro atoms. The molecule has 0 saturated carbocycles. The van der Waals surface area contributed by atoms with Crippen molar-refractivity contribution in [3.63, 3.8) is 0 Å². The van der Waals surface area contributed by atoms with E-state index >= 15 is 0 Å². The molecule has 0 radical (unpaired) electrons. The number of fused-ring (bicyclic) bond motifs is 3. The monoisotopic (exact) mass is 464 g/mol. The minimum Gasteiger partial charge on any atom is -0.479 e. The number of H-pyrrole nitrogens is 1. The summed E-state index contributed by atoms with van der Waals surface area (Å²) in [6.45, 7) is -0.421. The van der Waals surface area contributed by atoms with E-state index in [0.29, 0.717) is 5.69 Å². The fraction of sp³-hybridized carbons (Fsp3) is 0.250. The Bertz CT molecular complexity index is 1130. The first-order chi connectivity index (χ1) is 16.4. The number of aliphatic carboxylic acids is 1. The number of nitrogens with zero attached hydrogens (tertiary/aromatic N) is 1. The summed E-state index contributed by atoms with van der Waals surface area (Å²) in [6, 6.07) is 14.8. The summed E-state index contributed by atoms with van der Waals surface area (Å²) in [4.78, 5) is 42.8. The van der Waals surface area contributed by atoms with E-state index in [9.17, 15) is 19.5 Å². The molecule has 0 bridgehead atoms. The molecule has 4 rings (SSSR count). The van der Waals surface area contributed by atoms with E-state index < -0.39 is 36.7 Å². The lowest BCUT2D eigenvalue weighted by Gasteiger charge is -2.20. The van der Waals surface area contributed by atoms with E-state index in [1.807, 2.05) is 48.5 Å². The van der Waals surface area contributed by atoms with Crippen molar-refractivity contribution in [2.24, 2.45) is 0 Å². The van der Waals surface area contributed by atoms with Crippen molar-refractivity contribution in [1.29, 1.82) is 0 Å². The van der Waals surface area contributed by atoms with Crippen LogP contribution < -0.4 is 10.6 Å². The first kappa shape index (κ1) is 23.0. The van der Waals surface area contributed by atoms with Gasteiger partial charge in [0.15, 0.2) is 6.10 Å². The van der Waals surface area contributed by atoms with Crippen LogP contribution >= 0.6 is 0 Å². The number of carbonyl (C=O) groups is 3. The molecular formula is C24H24N4O6. The molecule has 34 heavy (non-hydrogen) atoms. The Morgan fingerprint density at radius 1 is 1.06 bits per heavy atom. The first-order valence-corrected chi connectivity index (χ1v) is 10.7. The summed E-state index contributed by atoms with van der Waals surface area (Å²) < 4.78 is 5.50. The van der Waals surface area contributed by atoms with Crippen molar-refractivity contribution in [2.45, 2.75) is 24.5 Å². The van der Waals surface area contributed by atoms with Gasteiger partial charge < -0.3 is 30.6 Å². The maximum Gasteiger partial charge on any atom is 0.407 e. The highest BCUT2D eigenvalue weighted by Crippen LogP contribution is 2.44. The zero-order valence-electron chi connectivity index (χ0n) is 18.1. The maximum atomic E-state index is 12.6. The second-order valence-corrected chi connectivity index (χ2v) is 7.90. The maximum absolute atomic E-state index is 12.6. The molecule has 2 aromatic carbocycles. The number of amides is 2. The summed E-state index contributed by atoms with van der Waals surface area (Å²) >= 11 is 0. The number of rotatable bonds is 9. The van der Waals surface area contributed by atoms with Crippen molar-refractivity contribution < 1.29 is 29.3 Å². The second-order valence-electron chi connectivity index (χ2n) is 7.90. The van der Waals surface area contributed by atoms with E-state index in [1.54, 1.807) is 0 Å². The summed E-state index contributed by atoms with van der Waals surface area (Å²) in [5, 5.41) is 23.1. The molecule has 176 valence electrons. The van der Waals surface area contributed by atoms with Crippen LogP contribution in [0.5, 0.6) is 0 Å². The summed E-state index contributed by atoms with van der Waals surface area (Å²) in [7, 11) is 0. The third kappa shape index (κ3) is 5.07. The lowest BCUT2D eigenvalue weighted by atomic mass is 9.98. The van der Waals surface area contributed by atoms with Crippen LogP contribution in [0.25, 0.3) is 11.1 Å². The van der Waals surface area contributed by atoms with Gasteiger partial charge in [-0.3, -0.25) is 4.79 Å². The number of hydrogen-bond acceptors (Lipinski definition) is 6. The smallest absolute Gasteiger partial charge is 0.407 e. The number of carboxylic acids is 1. The molecule has 0 saturated heterocycles. The molecule has 0 fully saturated rings. The number of nitrogens with one attached hydrogen (secondary N) is 3. The number of aromatic amines is 1. The molecule has 2 atom stereocenters. The highest BCUT2D eigenvalue weighted by Gasteiger charge is 2.30. The van der Waals surface area contributed by atoms with Crippen LogP contribution in [0.4, 0.5) is 4.79 Å². The van der Waals surface area contributed by atoms with E-state index in [2.05, 4.69) is 20.6 Å². The van der Waals surface area contributed by atoms with Gasteiger partial charge >= 0.3 is 12.1 Å². The minimum absolute atomic E-state index is 0.0686. The van der Waals surface area contributed by atoms with Gasteiger partial charge in [-0.05, 0) is 22.3 Å². The van der Waals surface area contributed by atoms with Gasteiger partial charge in [0.25, 0.3) is 0 Å². The Kier molecular flexibility index (Phi) is 6.88. The molecule has 0 aliphatic heterocycles.